The van der Waals surface area contributed by atoms with Crippen LogP contribution >= 0.6 is 47.0 Å². The summed E-state index contributed by atoms with van der Waals surface area (Å²) in [6.45, 7) is 2.66. The van der Waals surface area contributed by atoms with Gasteiger partial charge in [0, 0.05) is 36.9 Å². The Balaban J connectivity index is 1.63. The van der Waals surface area contributed by atoms with Gasteiger partial charge in [0.2, 0.25) is 9.70 Å². The summed E-state index contributed by atoms with van der Waals surface area (Å²) in [6.07, 6.45) is 3.69. The van der Waals surface area contributed by atoms with Crippen molar-refractivity contribution in [2.75, 3.05) is 31.6 Å². The highest BCUT2D eigenvalue weighted by atomic mass is 35.6. The third kappa shape index (κ3) is 6.58. The molecule has 0 aliphatic carbocycles. The molecule has 0 spiro atoms. The van der Waals surface area contributed by atoms with E-state index in [1.54, 1.807) is 12.4 Å². The van der Waals surface area contributed by atoms with Crippen LogP contribution in [0.2, 0.25) is 0 Å². The fourth-order valence-corrected chi connectivity index (χ4v) is 3.34. The summed E-state index contributed by atoms with van der Waals surface area (Å²) in [7, 11) is 0. The molecule has 30 heavy (non-hydrogen) atoms. The molecule has 2 aromatic rings. The van der Waals surface area contributed by atoms with E-state index < -0.39 is 15.9 Å². The lowest BCUT2D eigenvalue weighted by Crippen LogP contribution is -2.55. The summed E-state index contributed by atoms with van der Waals surface area (Å²) in [5, 5.41) is 9.61. The van der Waals surface area contributed by atoms with Crippen LogP contribution in [0.25, 0.3) is 10.9 Å². The third-order valence-electron chi connectivity index (χ3n) is 4.25. The number of ether oxygens (including phenoxy) is 1. The van der Waals surface area contributed by atoms with Gasteiger partial charge in [-0.3, -0.25) is 9.78 Å². The molecular formula is C19H20Cl3N5O2S. The smallest absolute Gasteiger partial charge is 0.247 e. The lowest BCUT2D eigenvalue weighted by atomic mass is 10.2. The first-order valence-electron chi connectivity index (χ1n) is 9.11. The predicted octanol–water partition coefficient (Wildman–Crippen LogP) is 3.18. The lowest BCUT2D eigenvalue weighted by molar-refractivity contribution is -0.117. The number of pyridine rings is 1. The number of rotatable bonds is 5. The molecule has 11 heteroatoms. The van der Waals surface area contributed by atoms with E-state index in [1.165, 1.54) is 6.08 Å². The van der Waals surface area contributed by atoms with Crippen molar-refractivity contribution in [3.05, 3.63) is 48.8 Å². The number of halogens is 3. The fourth-order valence-electron chi connectivity index (χ4n) is 2.78. The number of hydrogen-bond donors (Lipinski definition) is 3. The van der Waals surface area contributed by atoms with Gasteiger partial charge in [-0.05, 0) is 24.4 Å². The zero-order chi connectivity index (χ0) is 21.6. The SMILES string of the molecule is O=C(/C=C/N1CCOCC1)NC(NC(=S)Nc1cccc2cccnc12)C(Cl)(Cl)Cl. The van der Waals surface area contributed by atoms with E-state index in [2.05, 4.69) is 20.9 Å². The van der Waals surface area contributed by atoms with E-state index in [-0.39, 0.29) is 5.11 Å². The standard InChI is InChI=1S/C19H20Cl3N5O2S/c20-19(21,22)17(25-15(28)6-8-27-9-11-29-12-10-27)26-18(30)24-14-5-1-3-13-4-2-7-23-16(13)14/h1-8,17H,9-12H2,(H,25,28)(H2,24,26,30)/b8-6+. The Morgan fingerprint density at radius 3 is 2.67 bits per heavy atom. The molecular weight excluding hydrogens is 469 g/mol. The minimum atomic E-state index is -1.84. The monoisotopic (exact) mass is 487 g/mol. The zero-order valence-corrected chi connectivity index (χ0v) is 18.9. The molecule has 0 bridgehead atoms. The Morgan fingerprint density at radius 1 is 1.20 bits per heavy atom. The number of fused-ring (bicyclic) bond motifs is 1. The molecule has 1 aliphatic rings. The van der Waals surface area contributed by atoms with Gasteiger partial charge in [-0.15, -0.1) is 0 Å². The van der Waals surface area contributed by atoms with Gasteiger partial charge >= 0.3 is 0 Å². The number of aromatic nitrogens is 1. The van der Waals surface area contributed by atoms with E-state index in [0.29, 0.717) is 32.0 Å². The van der Waals surface area contributed by atoms with Crippen LogP contribution in [-0.2, 0) is 9.53 Å². The highest BCUT2D eigenvalue weighted by Gasteiger charge is 2.34. The Kier molecular flexibility index (Phi) is 7.96. The molecule has 7 nitrogen and oxygen atoms in total. The number of amides is 1. The molecule has 1 atom stereocenters. The second kappa shape index (κ2) is 10.5. The molecule has 3 rings (SSSR count). The van der Waals surface area contributed by atoms with Crippen LogP contribution in [0.3, 0.4) is 0 Å². The van der Waals surface area contributed by atoms with Gasteiger partial charge in [-0.2, -0.15) is 0 Å². The number of para-hydroxylation sites is 1. The molecule has 1 aromatic heterocycles. The minimum Gasteiger partial charge on any atom is -0.378 e. The molecule has 2 heterocycles. The van der Waals surface area contributed by atoms with Gasteiger partial charge in [-0.25, -0.2) is 0 Å². The number of carbonyl (C=O) groups is 1. The maximum absolute atomic E-state index is 12.3. The number of hydrogen-bond acceptors (Lipinski definition) is 5. The van der Waals surface area contributed by atoms with Crippen molar-refractivity contribution in [3.8, 4) is 0 Å². The van der Waals surface area contributed by atoms with Crippen molar-refractivity contribution in [1.29, 1.82) is 0 Å². The first-order chi connectivity index (χ1) is 14.3. The van der Waals surface area contributed by atoms with Gasteiger partial charge in [-0.1, -0.05) is 53.0 Å². The van der Waals surface area contributed by atoms with Crippen molar-refractivity contribution in [3.63, 3.8) is 0 Å². The van der Waals surface area contributed by atoms with Gasteiger partial charge in [0.1, 0.15) is 6.17 Å². The van der Waals surface area contributed by atoms with Crippen LogP contribution in [0.4, 0.5) is 5.69 Å². The summed E-state index contributed by atoms with van der Waals surface area (Å²) in [6, 6.07) is 9.43. The number of alkyl halides is 3. The molecule has 0 radical (unpaired) electrons. The Morgan fingerprint density at radius 2 is 1.93 bits per heavy atom. The zero-order valence-electron chi connectivity index (χ0n) is 15.8. The second-order valence-electron chi connectivity index (χ2n) is 6.43. The summed E-state index contributed by atoms with van der Waals surface area (Å²) in [5.41, 5.74) is 1.43. The highest BCUT2D eigenvalue weighted by Crippen LogP contribution is 2.29. The molecule has 1 aromatic carbocycles. The maximum atomic E-state index is 12.3. The van der Waals surface area contributed by atoms with E-state index in [9.17, 15) is 4.79 Å². The number of thiocarbonyl (C=S) groups is 1. The quantitative estimate of drug-likeness (QED) is 0.258. The van der Waals surface area contributed by atoms with Crippen LogP contribution in [0.5, 0.6) is 0 Å². The van der Waals surface area contributed by atoms with Crippen LogP contribution < -0.4 is 16.0 Å². The van der Waals surface area contributed by atoms with Gasteiger partial charge in [0.25, 0.3) is 0 Å². The summed E-state index contributed by atoms with van der Waals surface area (Å²) in [4.78, 5) is 18.6. The van der Waals surface area contributed by atoms with Crippen LogP contribution in [-0.4, -0.2) is 57.2 Å². The molecule has 1 aliphatic heterocycles. The van der Waals surface area contributed by atoms with E-state index in [4.69, 9.17) is 51.8 Å². The van der Waals surface area contributed by atoms with Gasteiger partial charge < -0.3 is 25.6 Å². The molecule has 3 N–H and O–H groups in total. The lowest BCUT2D eigenvalue weighted by Gasteiger charge is -2.28. The molecule has 1 amide bonds. The van der Waals surface area contributed by atoms with E-state index in [0.717, 1.165) is 10.9 Å². The number of carbonyl (C=O) groups excluding carboxylic acids is 1. The van der Waals surface area contributed by atoms with E-state index >= 15 is 0 Å². The third-order valence-corrected chi connectivity index (χ3v) is 5.13. The highest BCUT2D eigenvalue weighted by molar-refractivity contribution is 7.80. The predicted molar refractivity (Wildman–Crippen MR) is 125 cm³/mol. The number of morpholine rings is 1. The van der Waals surface area contributed by atoms with Crippen molar-refractivity contribution in [2.24, 2.45) is 0 Å². The number of nitrogens with zero attached hydrogens (tertiary/aromatic N) is 2. The van der Waals surface area contributed by atoms with Crippen molar-refractivity contribution < 1.29 is 9.53 Å². The molecule has 1 fully saturated rings. The number of anilines is 1. The fraction of sp³-hybridized carbons (Fsp3) is 0.316. The van der Waals surface area contributed by atoms with Crippen molar-refractivity contribution in [2.45, 2.75) is 9.96 Å². The topological polar surface area (TPSA) is 78.5 Å². The van der Waals surface area contributed by atoms with Crippen LogP contribution in [0.15, 0.2) is 48.8 Å². The Hall–Kier alpha value is -1.84. The normalized spacial score (nSPS) is 15.8. The molecule has 1 unspecified atom stereocenters. The van der Waals surface area contributed by atoms with Gasteiger partial charge in [0.15, 0.2) is 5.11 Å². The molecule has 1 saturated heterocycles. The van der Waals surface area contributed by atoms with Crippen LogP contribution in [0, 0.1) is 0 Å². The average Bonchev–Trinajstić information content (AvgIpc) is 2.72. The first kappa shape index (κ1) is 22.8. The van der Waals surface area contributed by atoms with Crippen molar-refractivity contribution >= 4 is 74.6 Å². The Labute approximate surface area is 194 Å². The molecule has 0 saturated carbocycles. The molecule has 160 valence electrons. The second-order valence-corrected chi connectivity index (χ2v) is 9.20. The maximum Gasteiger partial charge on any atom is 0.247 e. The Bertz CT molecular complexity index is 927. The van der Waals surface area contributed by atoms with E-state index in [1.807, 2.05) is 35.2 Å². The number of benzene rings is 1. The summed E-state index contributed by atoms with van der Waals surface area (Å²) >= 11 is 23.5. The van der Waals surface area contributed by atoms with Crippen molar-refractivity contribution in [1.82, 2.24) is 20.5 Å². The minimum absolute atomic E-state index is 0.168. The number of nitrogens with one attached hydrogen (secondary N) is 3. The van der Waals surface area contributed by atoms with Gasteiger partial charge in [0.05, 0.1) is 24.4 Å². The largest absolute Gasteiger partial charge is 0.378 e. The first-order valence-corrected chi connectivity index (χ1v) is 10.7. The summed E-state index contributed by atoms with van der Waals surface area (Å²) in [5.74, 6) is -0.431. The van der Waals surface area contributed by atoms with Crippen LogP contribution in [0.1, 0.15) is 0 Å². The average molecular weight is 489 g/mol. The summed E-state index contributed by atoms with van der Waals surface area (Å²) < 4.78 is 3.43.